The maximum Gasteiger partial charge on any atom is 0.0496 e. The molecule has 0 atom stereocenters. The fourth-order valence-electron chi connectivity index (χ4n) is 9.44. The van der Waals surface area contributed by atoms with Gasteiger partial charge in [-0.3, -0.25) is 0 Å². The van der Waals surface area contributed by atoms with Crippen LogP contribution in [0.25, 0.3) is 43.6 Å². The smallest absolute Gasteiger partial charge is 0.0496 e. The van der Waals surface area contributed by atoms with Crippen molar-refractivity contribution in [1.29, 1.82) is 0 Å². The van der Waals surface area contributed by atoms with Gasteiger partial charge in [0.1, 0.15) is 0 Å². The molecular weight excluding hydrogens is 861 g/mol. The molecule has 9 aromatic rings. The minimum atomic E-state index is 0.0481. The summed E-state index contributed by atoms with van der Waals surface area (Å²) in [6.45, 7) is 40.7. The number of fused-ring (bicyclic) bond motifs is 6. The number of anilines is 3. The molecule has 4 nitrogen and oxygen atoms in total. The zero-order valence-electron chi connectivity index (χ0n) is 47.0. The lowest BCUT2D eigenvalue weighted by atomic mass is 9.85. The van der Waals surface area contributed by atoms with Gasteiger partial charge in [0.25, 0.3) is 0 Å². The van der Waals surface area contributed by atoms with Gasteiger partial charge in [-0.05, 0) is 178 Å². The van der Waals surface area contributed by atoms with Crippen LogP contribution >= 0.6 is 0 Å². The van der Waals surface area contributed by atoms with E-state index in [9.17, 15) is 0 Å². The van der Waals surface area contributed by atoms with E-state index in [1.165, 1.54) is 71.8 Å². The van der Waals surface area contributed by atoms with E-state index in [-0.39, 0.29) is 33.0 Å². The number of hydrogen-bond acceptors (Lipinski definition) is 2. The van der Waals surface area contributed by atoms with Crippen molar-refractivity contribution in [3.63, 3.8) is 0 Å². The van der Waals surface area contributed by atoms with Crippen molar-refractivity contribution in [2.75, 3.05) is 16.8 Å². The van der Waals surface area contributed by atoms with Gasteiger partial charge in [0, 0.05) is 89.9 Å². The molecular formula is C67H86N4. The molecule has 7 aromatic carbocycles. The van der Waals surface area contributed by atoms with Gasteiger partial charge in [0.2, 0.25) is 0 Å². The molecule has 2 aromatic heterocycles. The van der Waals surface area contributed by atoms with Crippen molar-refractivity contribution < 1.29 is 0 Å². The fraction of sp³-hybridized carbons (Fsp3) is 0.373. The highest BCUT2D eigenvalue weighted by atomic mass is 15.2. The number of benzene rings is 7. The highest BCUT2D eigenvalue weighted by Crippen LogP contribution is 2.39. The van der Waals surface area contributed by atoms with Gasteiger partial charge in [-0.15, -0.1) is 0 Å². The Morgan fingerprint density at radius 1 is 0.296 bits per heavy atom. The van der Waals surface area contributed by atoms with Gasteiger partial charge >= 0.3 is 0 Å². The molecule has 0 fully saturated rings. The average molecular weight is 947 g/mol. The molecule has 0 amide bonds. The average Bonchev–Trinajstić information content (AvgIpc) is 3.82. The van der Waals surface area contributed by atoms with Crippen LogP contribution in [0.15, 0.2) is 176 Å². The van der Waals surface area contributed by atoms with Crippen molar-refractivity contribution in [3.8, 4) is 0 Å². The summed E-state index contributed by atoms with van der Waals surface area (Å²) in [7, 11) is 2.12. The highest BCUT2D eigenvalue weighted by Gasteiger charge is 2.26. The molecule has 374 valence electrons. The Kier molecular flexibility index (Phi) is 15.9. The molecule has 0 spiro atoms. The molecule has 0 bridgehead atoms. The Bertz CT molecular complexity index is 2960. The molecule has 0 aliphatic rings. The van der Waals surface area contributed by atoms with E-state index >= 15 is 0 Å². The minimum Gasteiger partial charge on any atom is -0.370 e. The Labute approximate surface area is 429 Å². The normalized spacial score (nSPS) is 12.4. The Morgan fingerprint density at radius 3 is 0.887 bits per heavy atom. The van der Waals surface area contributed by atoms with E-state index in [4.69, 9.17) is 0 Å². The first-order valence-electron chi connectivity index (χ1n) is 25.8. The summed E-state index contributed by atoms with van der Waals surface area (Å²) in [5.41, 5.74) is 12.5. The molecule has 0 aliphatic carbocycles. The second-order valence-electron chi connectivity index (χ2n) is 25.3. The zero-order valence-corrected chi connectivity index (χ0v) is 47.0. The van der Waals surface area contributed by atoms with Gasteiger partial charge in [-0.25, -0.2) is 0 Å². The summed E-state index contributed by atoms with van der Waals surface area (Å²) >= 11 is 0. The van der Waals surface area contributed by atoms with E-state index in [1.54, 1.807) is 0 Å². The molecule has 0 saturated carbocycles. The van der Waals surface area contributed by atoms with E-state index in [2.05, 4.69) is 320 Å². The molecule has 4 heteroatoms. The number of aromatic nitrogens is 2. The topological polar surface area (TPSA) is 16.3 Å². The molecule has 0 saturated heterocycles. The summed E-state index contributed by atoms with van der Waals surface area (Å²) < 4.78 is 4.92. The second kappa shape index (κ2) is 20.8. The number of para-hydroxylation sites is 5. The highest BCUT2D eigenvalue weighted by molar-refractivity contribution is 6.09. The lowest BCUT2D eigenvalue weighted by molar-refractivity contribution is 0.423. The van der Waals surface area contributed by atoms with Crippen LogP contribution < -0.4 is 9.80 Å². The van der Waals surface area contributed by atoms with Crippen LogP contribution in [0, 0.1) is 0 Å². The van der Waals surface area contributed by atoms with Crippen molar-refractivity contribution in [3.05, 3.63) is 187 Å². The summed E-state index contributed by atoms with van der Waals surface area (Å²) in [5.74, 6) is 0. The summed E-state index contributed by atoms with van der Waals surface area (Å²) in [6.07, 6.45) is 0. The molecule has 71 heavy (non-hydrogen) atoms. The monoisotopic (exact) mass is 947 g/mol. The van der Waals surface area contributed by atoms with Crippen molar-refractivity contribution in [2.45, 2.75) is 158 Å². The van der Waals surface area contributed by atoms with Crippen molar-refractivity contribution in [1.82, 2.24) is 9.13 Å². The van der Waals surface area contributed by atoms with E-state index < -0.39 is 0 Å². The number of rotatable bonds is 3. The zero-order chi connectivity index (χ0) is 52.3. The van der Waals surface area contributed by atoms with Crippen LogP contribution in [-0.4, -0.2) is 27.3 Å². The van der Waals surface area contributed by atoms with Gasteiger partial charge in [-0.1, -0.05) is 145 Å². The maximum atomic E-state index is 2.50. The SMILES string of the molecule is CC(C)(C)N(c1ccccc1)c1ccccc1.CC(C)(C)c1ccc2c(c1)c1cc(C(C)(C)C)ccc1n2C(C)(C)C.CC(C)(C)n1c2ccccc2c2ccccc21.CN(c1ccccc1)C(C)(C)C. The number of hydrogen-bond donors (Lipinski definition) is 0. The van der Waals surface area contributed by atoms with Gasteiger partial charge in [0.15, 0.2) is 0 Å². The van der Waals surface area contributed by atoms with Crippen molar-refractivity contribution >= 4 is 60.7 Å². The van der Waals surface area contributed by atoms with E-state index in [0.29, 0.717) is 0 Å². The third kappa shape index (κ3) is 12.8. The molecule has 2 heterocycles. The van der Waals surface area contributed by atoms with Gasteiger partial charge in [-0.2, -0.15) is 0 Å². The quantitative estimate of drug-likeness (QED) is 0.175. The van der Waals surface area contributed by atoms with Gasteiger partial charge in [0.05, 0.1) is 0 Å². The summed E-state index contributed by atoms with van der Waals surface area (Å²) in [5, 5.41) is 5.45. The molecule has 0 radical (unpaired) electrons. The first-order chi connectivity index (χ1) is 33.0. The third-order valence-corrected chi connectivity index (χ3v) is 13.3. The minimum absolute atomic E-state index is 0.0481. The van der Waals surface area contributed by atoms with Crippen LogP contribution in [0.4, 0.5) is 17.1 Å². The van der Waals surface area contributed by atoms with Crippen LogP contribution in [0.1, 0.15) is 136 Å². The van der Waals surface area contributed by atoms with Gasteiger partial charge < -0.3 is 18.9 Å². The largest absolute Gasteiger partial charge is 0.370 e. The maximum absolute atomic E-state index is 2.50. The first kappa shape index (κ1) is 54.1. The Hall–Kier alpha value is -6.26. The van der Waals surface area contributed by atoms with Crippen LogP contribution in [-0.2, 0) is 21.9 Å². The molecule has 0 N–H and O–H groups in total. The van der Waals surface area contributed by atoms with Crippen LogP contribution in [0.3, 0.4) is 0 Å². The second-order valence-corrected chi connectivity index (χ2v) is 25.3. The molecule has 0 unspecified atom stereocenters. The predicted molar refractivity (Wildman–Crippen MR) is 316 cm³/mol. The predicted octanol–water partition coefficient (Wildman–Crippen LogP) is 19.2. The van der Waals surface area contributed by atoms with Crippen molar-refractivity contribution in [2.24, 2.45) is 0 Å². The number of nitrogens with zero attached hydrogens (tertiary/aromatic N) is 4. The third-order valence-electron chi connectivity index (χ3n) is 13.3. The lowest BCUT2D eigenvalue weighted by Gasteiger charge is -2.37. The van der Waals surface area contributed by atoms with E-state index in [0.717, 1.165) is 0 Å². The lowest BCUT2D eigenvalue weighted by Crippen LogP contribution is -2.37. The Morgan fingerprint density at radius 2 is 0.592 bits per heavy atom. The molecule has 9 rings (SSSR count). The first-order valence-corrected chi connectivity index (χ1v) is 25.8. The van der Waals surface area contributed by atoms with Crippen LogP contribution in [0.5, 0.6) is 0 Å². The fourth-order valence-corrected chi connectivity index (χ4v) is 9.44. The van der Waals surface area contributed by atoms with Crippen LogP contribution in [0.2, 0.25) is 0 Å². The summed E-state index contributed by atoms with van der Waals surface area (Å²) in [6, 6.07) is 62.8. The standard InChI is InChI=1S/C24H33N.C16H17N.C16H19N.C11H17N/c1-22(2,3)16-10-12-20-18(14-16)19-15-17(23(4,5)6)11-13-21(19)25(20)24(7,8)9;1-16(2,3)17-14-10-6-4-8-12(14)13-9-5-7-11-15(13)17;1-16(2,3)17(14-10-6-4-7-11-14)15-12-8-5-9-13-15;1-11(2,3)12(4)10-8-6-5-7-9-10/h10-15H,1-9H3;4-11H,1-3H3;4-13H,1-3H3;5-9H,1-4H3. The molecule has 0 aliphatic heterocycles. The summed E-state index contributed by atoms with van der Waals surface area (Å²) in [4.78, 5) is 4.62. The Balaban J connectivity index is 0.000000160. The van der Waals surface area contributed by atoms with E-state index in [1.807, 2.05) is 6.07 Å².